The number of alkyl halides is 2. The summed E-state index contributed by atoms with van der Waals surface area (Å²) < 4.78 is 47.8. The van der Waals surface area contributed by atoms with Gasteiger partial charge in [0.25, 0.3) is 0 Å². The molecule has 7 nitrogen and oxygen atoms in total. The van der Waals surface area contributed by atoms with Crippen molar-refractivity contribution in [3.63, 3.8) is 0 Å². The van der Waals surface area contributed by atoms with Gasteiger partial charge >= 0.3 is 12.7 Å². The van der Waals surface area contributed by atoms with Gasteiger partial charge in [0.05, 0.1) is 6.04 Å². The van der Waals surface area contributed by atoms with Gasteiger partial charge in [-0.15, -0.1) is 0 Å². The molecule has 0 aromatic heterocycles. The predicted octanol–water partition coefficient (Wildman–Crippen LogP) is 2.06. The van der Waals surface area contributed by atoms with E-state index in [4.69, 9.17) is 9.84 Å². The molecule has 142 valence electrons. The molecule has 26 heavy (non-hydrogen) atoms. The summed E-state index contributed by atoms with van der Waals surface area (Å²) in [6, 6.07) is 2.80. The number of rotatable bonds is 6. The van der Waals surface area contributed by atoms with Gasteiger partial charge in [-0.3, -0.25) is 4.79 Å². The Morgan fingerprint density at radius 2 is 1.92 bits per heavy atom. The van der Waals surface area contributed by atoms with E-state index >= 15 is 0 Å². The van der Waals surface area contributed by atoms with E-state index in [0.717, 1.165) is 18.2 Å². The highest BCUT2D eigenvalue weighted by molar-refractivity contribution is 5.80. The SMILES string of the molecule is O=C(O)N1CC(NC(=O)[C@H]2C[C@H](Oc3cc(F)ccc3OC(F)F)C2)C1. The quantitative estimate of drug-likeness (QED) is 0.796. The van der Waals surface area contributed by atoms with E-state index in [0.29, 0.717) is 12.8 Å². The Hall–Kier alpha value is -2.65. The Bertz CT molecular complexity index is 690. The molecule has 1 aliphatic heterocycles. The Balaban J connectivity index is 1.46. The van der Waals surface area contributed by atoms with Gasteiger partial charge < -0.3 is 24.8 Å². The average molecular weight is 374 g/mol. The largest absolute Gasteiger partial charge is 0.486 e. The molecule has 0 bridgehead atoms. The van der Waals surface area contributed by atoms with Crippen LogP contribution in [0, 0.1) is 11.7 Å². The molecule has 1 aromatic carbocycles. The topological polar surface area (TPSA) is 88.1 Å². The van der Waals surface area contributed by atoms with E-state index in [2.05, 4.69) is 10.1 Å². The molecule has 0 spiro atoms. The van der Waals surface area contributed by atoms with E-state index in [-0.39, 0.29) is 42.5 Å². The number of halogens is 3. The normalized spacial score (nSPS) is 22.4. The highest BCUT2D eigenvalue weighted by Crippen LogP contribution is 2.36. The number of carbonyl (C=O) groups excluding carboxylic acids is 1. The van der Waals surface area contributed by atoms with Gasteiger partial charge in [-0.1, -0.05) is 0 Å². The van der Waals surface area contributed by atoms with E-state index in [1.54, 1.807) is 0 Å². The third-order valence-electron chi connectivity index (χ3n) is 4.38. The molecular formula is C16H17F3N2O5. The van der Waals surface area contributed by atoms with Gasteiger partial charge in [-0.05, 0) is 25.0 Å². The van der Waals surface area contributed by atoms with Crippen molar-refractivity contribution < 1.29 is 37.3 Å². The maximum atomic E-state index is 13.3. The second-order valence-electron chi connectivity index (χ2n) is 6.27. The Morgan fingerprint density at radius 1 is 1.23 bits per heavy atom. The van der Waals surface area contributed by atoms with Crippen molar-refractivity contribution in [2.75, 3.05) is 13.1 Å². The summed E-state index contributed by atoms with van der Waals surface area (Å²) in [5.41, 5.74) is 0. The van der Waals surface area contributed by atoms with Gasteiger partial charge in [0.1, 0.15) is 11.9 Å². The van der Waals surface area contributed by atoms with Crippen molar-refractivity contribution in [2.45, 2.75) is 31.6 Å². The molecule has 10 heteroatoms. The first kappa shape index (κ1) is 18.2. The molecule has 1 saturated heterocycles. The number of likely N-dealkylation sites (tertiary alicyclic amines) is 1. The highest BCUT2D eigenvalue weighted by atomic mass is 19.3. The lowest BCUT2D eigenvalue weighted by Gasteiger charge is -2.40. The molecule has 1 aliphatic carbocycles. The fourth-order valence-electron chi connectivity index (χ4n) is 2.87. The lowest BCUT2D eigenvalue weighted by atomic mass is 9.81. The summed E-state index contributed by atoms with van der Waals surface area (Å²) in [5, 5.41) is 11.5. The van der Waals surface area contributed by atoms with Gasteiger partial charge in [0, 0.05) is 25.1 Å². The van der Waals surface area contributed by atoms with E-state index in [1.165, 1.54) is 4.90 Å². The Kier molecular flexibility index (Phi) is 5.10. The maximum Gasteiger partial charge on any atom is 0.407 e. The molecule has 1 heterocycles. The first-order valence-corrected chi connectivity index (χ1v) is 8.01. The van der Waals surface area contributed by atoms with Crippen LogP contribution in [-0.4, -0.2) is 53.9 Å². The molecule has 1 saturated carbocycles. The van der Waals surface area contributed by atoms with Crippen molar-refractivity contribution in [1.29, 1.82) is 0 Å². The number of hydrogen-bond donors (Lipinski definition) is 2. The van der Waals surface area contributed by atoms with Gasteiger partial charge in [-0.25, -0.2) is 9.18 Å². The molecule has 2 aliphatic rings. The Morgan fingerprint density at radius 3 is 2.54 bits per heavy atom. The minimum atomic E-state index is -3.06. The van der Waals surface area contributed by atoms with Crippen LogP contribution in [0.2, 0.25) is 0 Å². The number of carbonyl (C=O) groups is 2. The lowest BCUT2D eigenvalue weighted by Crippen LogP contribution is -2.62. The zero-order chi connectivity index (χ0) is 18.8. The number of ether oxygens (including phenoxy) is 2. The van der Waals surface area contributed by atoms with Gasteiger partial charge in [0.15, 0.2) is 11.5 Å². The van der Waals surface area contributed by atoms with Crippen molar-refractivity contribution in [3.05, 3.63) is 24.0 Å². The summed E-state index contributed by atoms with van der Waals surface area (Å²) >= 11 is 0. The molecule has 0 unspecified atom stereocenters. The second kappa shape index (κ2) is 7.30. The van der Waals surface area contributed by atoms with Gasteiger partial charge in [-0.2, -0.15) is 8.78 Å². The highest BCUT2D eigenvalue weighted by Gasteiger charge is 2.39. The van der Waals surface area contributed by atoms with Crippen LogP contribution in [0.15, 0.2) is 18.2 Å². The number of nitrogens with zero attached hydrogens (tertiary/aromatic N) is 1. The smallest absolute Gasteiger partial charge is 0.407 e. The maximum absolute atomic E-state index is 13.3. The van der Waals surface area contributed by atoms with Crippen LogP contribution in [-0.2, 0) is 4.79 Å². The molecular weight excluding hydrogens is 357 g/mol. The Labute approximate surface area is 146 Å². The number of hydrogen-bond acceptors (Lipinski definition) is 4. The number of benzene rings is 1. The van der Waals surface area contributed by atoms with Crippen LogP contribution in [0.3, 0.4) is 0 Å². The van der Waals surface area contributed by atoms with Crippen molar-refractivity contribution in [3.8, 4) is 11.5 Å². The lowest BCUT2D eigenvalue weighted by molar-refractivity contribution is -0.132. The fourth-order valence-corrected chi connectivity index (χ4v) is 2.87. The van der Waals surface area contributed by atoms with Crippen LogP contribution in [0.4, 0.5) is 18.0 Å². The van der Waals surface area contributed by atoms with Crippen LogP contribution in [0.5, 0.6) is 11.5 Å². The summed E-state index contributed by atoms with van der Waals surface area (Å²) in [7, 11) is 0. The summed E-state index contributed by atoms with van der Waals surface area (Å²) in [5.74, 6) is -1.57. The molecule has 0 radical (unpaired) electrons. The van der Waals surface area contributed by atoms with Crippen molar-refractivity contribution in [1.82, 2.24) is 10.2 Å². The van der Waals surface area contributed by atoms with Crippen LogP contribution in [0.25, 0.3) is 0 Å². The number of amides is 2. The second-order valence-corrected chi connectivity index (χ2v) is 6.27. The monoisotopic (exact) mass is 374 g/mol. The summed E-state index contributed by atoms with van der Waals surface area (Å²) in [6.07, 6.45) is -0.730. The van der Waals surface area contributed by atoms with E-state index in [1.807, 2.05) is 0 Å². The molecule has 1 aromatic rings. The minimum absolute atomic E-state index is 0.134. The third kappa shape index (κ3) is 4.12. The minimum Gasteiger partial charge on any atom is -0.486 e. The molecule has 2 fully saturated rings. The molecule has 2 amide bonds. The summed E-state index contributed by atoms with van der Waals surface area (Å²) in [6.45, 7) is -2.55. The first-order chi connectivity index (χ1) is 12.3. The van der Waals surface area contributed by atoms with Crippen molar-refractivity contribution >= 4 is 12.0 Å². The molecule has 3 rings (SSSR count). The number of nitrogens with one attached hydrogen (secondary N) is 1. The average Bonchev–Trinajstić information content (AvgIpc) is 2.47. The standard InChI is InChI=1S/C16H17F3N2O5/c17-9-1-2-12(26-15(18)19)13(5-9)25-11-3-8(4-11)14(22)20-10-6-21(7-10)16(23)24/h1-2,5,8,10-11,15H,3-4,6-7H2,(H,20,22)(H,23,24)/t8-,11-. The van der Waals surface area contributed by atoms with Crippen molar-refractivity contribution in [2.24, 2.45) is 5.92 Å². The number of carboxylic acid groups (broad SMARTS) is 1. The molecule has 0 atom stereocenters. The fraction of sp³-hybridized carbons (Fsp3) is 0.500. The molecule has 2 N–H and O–H groups in total. The predicted molar refractivity (Wildman–Crippen MR) is 81.7 cm³/mol. The zero-order valence-electron chi connectivity index (χ0n) is 13.5. The van der Waals surface area contributed by atoms with Crippen LogP contribution in [0.1, 0.15) is 12.8 Å². The van der Waals surface area contributed by atoms with E-state index < -0.39 is 24.6 Å². The summed E-state index contributed by atoms with van der Waals surface area (Å²) in [4.78, 5) is 23.9. The first-order valence-electron chi connectivity index (χ1n) is 8.01. The van der Waals surface area contributed by atoms with E-state index in [9.17, 15) is 22.8 Å². The van der Waals surface area contributed by atoms with Crippen LogP contribution < -0.4 is 14.8 Å². The third-order valence-corrected chi connectivity index (χ3v) is 4.38. The van der Waals surface area contributed by atoms with Gasteiger partial charge in [0.2, 0.25) is 5.91 Å². The zero-order valence-corrected chi connectivity index (χ0v) is 13.5. The van der Waals surface area contributed by atoms with Crippen LogP contribution >= 0.6 is 0 Å².